The number of carbonyl (C=O) groups is 2. The van der Waals surface area contributed by atoms with Crippen LogP contribution in [0.2, 0.25) is 0 Å². The summed E-state index contributed by atoms with van der Waals surface area (Å²) >= 11 is 0. The van der Waals surface area contributed by atoms with E-state index in [0.29, 0.717) is 25.6 Å². The number of hydrogen-bond acceptors (Lipinski definition) is 5. The Hall–Kier alpha value is -2.03. The molecule has 4 atom stereocenters. The van der Waals surface area contributed by atoms with Gasteiger partial charge in [0.15, 0.2) is 0 Å². The van der Waals surface area contributed by atoms with Crippen LogP contribution in [0.1, 0.15) is 32.4 Å². The number of benzene rings is 1. The normalized spacial score (nSPS) is 28.1. The van der Waals surface area contributed by atoms with Gasteiger partial charge in [0.25, 0.3) is 0 Å². The number of nitrogens with two attached hydrogens (primary N) is 1. The highest BCUT2D eigenvalue weighted by molar-refractivity contribution is 6.35. The molecule has 2 heterocycles. The van der Waals surface area contributed by atoms with Gasteiger partial charge in [-0.2, -0.15) is 0 Å². The van der Waals surface area contributed by atoms with Gasteiger partial charge in [-0.1, -0.05) is 26.0 Å². The summed E-state index contributed by atoms with van der Waals surface area (Å²) in [6.45, 7) is 8.87. The Bertz CT molecular complexity index is 711. The Morgan fingerprint density at radius 3 is 2.50 bits per heavy atom. The van der Waals surface area contributed by atoms with Gasteiger partial charge < -0.3 is 16.0 Å². The molecule has 0 aliphatic carbocycles. The van der Waals surface area contributed by atoms with Gasteiger partial charge in [0.1, 0.15) is 5.82 Å². The maximum absolute atomic E-state index is 13.4. The highest BCUT2D eigenvalue weighted by atomic mass is 19.1. The summed E-state index contributed by atoms with van der Waals surface area (Å²) in [7, 11) is 0. The van der Waals surface area contributed by atoms with Crippen LogP contribution >= 0.6 is 0 Å². The van der Waals surface area contributed by atoms with Crippen molar-refractivity contribution in [3.8, 4) is 0 Å². The van der Waals surface area contributed by atoms with Crippen molar-refractivity contribution in [2.45, 2.75) is 45.1 Å². The summed E-state index contributed by atoms with van der Waals surface area (Å²) in [4.78, 5) is 29.4. The Morgan fingerprint density at radius 2 is 1.96 bits per heavy atom. The minimum absolute atomic E-state index is 0.128. The molecule has 0 bridgehead atoms. The average molecular weight is 391 g/mol. The molecule has 8 heteroatoms. The molecule has 1 aromatic rings. The van der Waals surface area contributed by atoms with Crippen molar-refractivity contribution in [1.82, 2.24) is 20.4 Å². The first-order valence-electron chi connectivity index (χ1n) is 9.86. The largest absolute Gasteiger partial charge is 0.341 e. The van der Waals surface area contributed by atoms with Crippen molar-refractivity contribution in [2.75, 3.05) is 26.2 Å². The lowest BCUT2D eigenvalue weighted by atomic mass is 9.98. The molecule has 2 saturated heterocycles. The lowest BCUT2D eigenvalue weighted by Crippen LogP contribution is -2.70. The zero-order valence-electron chi connectivity index (χ0n) is 16.7. The fraction of sp³-hybridized carbons (Fsp3) is 0.600. The Labute approximate surface area is 165 Å². The Balaban J connectivity index is 1.80. The van der Waals surface area contributed by atoms with Gasteiger partial charge in [0.05, 0.1) is 18.2 Å². The van der Waals surface area contributed by atoms with Crippen molar-refractivity contribution in [2.24, 2.45) is 11.7 Å². The molecule has 7 nitrogen and oxygen atoms in total. The summed E-state index contributed by atoms with van der Waals surface area (Å²) in [6.07, 6.45) is -0.327. The van der Waals surface area contributed by atoms with Gasteiger partial charge in [0, 0.05) is 32.2 Å². The molecule has 3 rings (SSSR count). The van der Waals surface area contributed by atoms with Crippen LogP contribution in [-0.4, -0.2) is 66.0 Å². The van der Waals surface area contributed by atoms with E-state index >= 15 is 0 Å². The van der Waals surface area contributed by atoms with Crippen molar-refractivity contribution < 1.29 is 14.0 Å². The molecule has 28 heavy (non-hydrogen) atoms. The summed E-state index contributed by atoms with van der Waals surface area (Å²) in [5.74, 6) is -1.05. The van der Waals surface area contributed by atoms with Crippen LogP contribution in [0, 0.1) is 11.7 Å². The quantitative estimate of drug-likeness (QED) is 0.648. The Kier molecular flexibility index (Phi) is 6.32. The van der Waals surface area contributed by atoms with Gasteiger partial charge in [-0.15, -0.1) is 0 Å². The highest BCUT2D eigenvalue weighted by Gasteiger charge is 2.39. The lowest BCUT2D eigenvalue weighted by Gasteiger charge is -2.46. The van der Waals surface area contributed by atoms with Gasteiger partial charge in [-0.25, -0.2) is 4.39 Å². The van der Waals surface area contributed by atoms with Gasteiger partial charge in [-0.05, 0) is 30.5 Å². The van der Waals surface area contributed by atoms with Crippen LogP contribution in [0.3, 0.4) is 0 Å². The first kappa shape index (κ1) is 20.7. The maximum Gasteiger partial charge on any atom is 0.312 e. The fourth-order valence-electron chi connectivity index (χ4n) is 3.82. The molecule has 0 saturated carbocycles. The topological polar surface area (TPSA) is 90.7 Å². The number of hydrogen-bond donors (Lipinski definition) is 3. The van der Waals surface area contributed by atoms with E-state index in [9.17, 15) is 14.0 Å². The molecule has 3 unspecified atom stereocenters. The standard InChI is InChI=1S/C20H30FN5O2/c1-12(2)9-25-11-17(14-4-6-15(21)7-5-14)26(10-13(25)3)20(28)19(27)24-16-8-23-18(16)22/h4-7,12-13,16-18,23H,8-11,22H2,1-3H3,(H,24,27)/t13?,16-,17?,18?/m1/s1. The number of piperazine rings is 1. The summed E-state index contributed by atoms with van der Waals surface area (Å²) < 4.78 is 13.4. The second kappa shape index (κ2) is 8.55. The van der Waals surface area contributed by atoms with Crippen molar-refractivity contribution in [3.63, 3.8) is 0 Å². The number of amides is 2. The third kappa shape index (κ3) is 4.51. The first-order valence-corrected chi connectivity index (χ1v) is 9.86. The van der Waals surface area contributed by atoms with E-state index in [2.05, 4.69) is 36.3 Å². The predicted molar refractivity (Wildman–Crippen MR) is 105 cm³/mol. The third-order valence-corrected chi connectivity index (χ3v) is 5.50. The van der Waals surface area contributed by atoms with Crippen LogP contribution < -0.4 is 16.4 Å². The number of carbonyl (C=O) groups excluding carboxylic acids is 2. The Morgan fingerprint density at radius 1 is 1.29 bits per heavy atom. The molecule has 0 radical (unpaired) electrons. The molecule has 0 aromatic heterocycles. The van der Waals surface area contributed by atoms with Crippen molar-refractivity contribution in [3.05, 3.63) is 35.6 Å². The first-order chi connectivity index (χ1) is 13.3. The molecule has 2 fully saturated rings. The second-order valence-electron chi connectivity index (χ2n) is 8.24. The zero-order chi connectivity index (χ0) is 20.4. The zero-order valence-corrected chi connectivity index (χ0v) is 16.7. The monoisotopic (exact) mass is 391 g/mol. The van der Waals surface area contributed by atoms with Gasteiger partial charge in [-0.3, -0.25) is 19.8 Å². The minimum Gasteiger partial charge on any atom is -0.341 e. The third-order valence-electron chi connectivity index (χ3n) is 5.50. The molecule has 4 N–H and O–H groups in total. The van der Waals surface area contributed by atoms with E-state index in [4.69, 9.17) is 5.73 Å². The highest BCUT2D eigenvalue weighted by Crippen LogP contribution is 2.29. The van der Waals surface area contributed by atoms with E-state index in [-0.39, 0.29) is 30.1 Å². The van der Waals surface area contributed by atoms with Crippen LogP contribution in [0.5, 0.6) is 0 Å². The summed E-state index contributed by atoms with van der Waals surface area (Å²) in [6, 6.07) is 5.75. The van der Waals surface area contributed by atoms with Crippen LogP contribution in [0.25, 0.3) is 0 Å². The van der Waals surface area contributed by atoms with Gasteiger partial charge >= 0.3 is 11.8 Å². The molecule has 1 aromatic carbocycles. The fourth-order valence-corrected chi connectivity index (χ4v) is 3.82. The number of nitrogens with one attached hydrogen (secondary N) is 2. The minimum atomic E-state index is -0.640. The van der Waals surface area contributed by atoms with E-state index < -0.39 is 11.8 Å². The van der Waals surface area contributed by atoms with Crippen LogP contribution in [0.15, 0.2) is 24.3 Å². The van der Waals surface area contributed by atoms with Crippen molar-refractivity contribution >= 4 is 11.8 Å². The molecular weight excluding hydrogens is 361 g/mol. The van der Waals surface area contributed by atoms with E-state index in [1.807, 2.05) is 0 Å². The van der Waals surface area contributed by atoms with Crippen LogP contribution in [-0.2, 0) is 9.59 Å². The molecule has 154 valence electrons. The number of rotatable bonds is 4. The van der Waals surface area contributed by atoms with Crippen LogP contribution in [0.4, 0.5) is 4.39 Å². The summed E-state index contributed by atoms with van der Waals surface area (Å²) in [5, 5.41) is 5.66. The SMILES string of the molecule is CC(C)CN1CC(c2ccc(F)cc2)N(C(=O)C(=O)N[C@@H]2CNC2N)CC1C. The van der Waals surface area contributed by atoms with Crippen molar-refractivity contribution in [1.29, 1.82) is 0 Å². The predicted octanol–water partition coefficient (Wildman–Crippen LogP) is 0.428. The van der Waals surface area contributed by atoms with E-state index in [0.717, 1.165) is 12.1 Å². The van der Waals surface area contributed by atoms with E-state index in [1.165, 1.54) is 12.1 Å². The number of nitrogens with zero attached hydrogens (tertiary/aromatic N) is 2. The molecule has 2 amide bonds. The lowest BCUT2D eigenvalue weighted by molar-refractivity contribution is -0.151. The second-order valence-corrected chi connectivity index (χ2v) is 8.24. The summed E-state index contributed by atoms with van der Waals surface area (Å²) in [5.41, 5.74) is 6.60. The van der Waals surface area contributed by atoms with E-state index in [1.54, 1.807) is 17.0 Å². The smallest absolute Gasteiger partial charge is 0.312 e. The molecule has 0 spiro atoms. The number of halogens is 1. The average Bonchev–Trinajstić information content (AvgIpc) is 2.65. The molecular formula is C20H30FN5O2. The molecule has 2 aliphatic rings. The molecule has 2 aliphatic heterocycles. The maximum atomic E-state index is 13.4. The van der Waals surface area contributed by atoms with Gasteiger partial charge in [0.2, 0.25) is 0 Å².